The second-order valence-electron chi connectivity index (χ2n) is 9.29. The van der Waals surface area contributed by atoms with E-state index in [1.54, 1.807) is 6.92 Å². The number of nitrogens with one attached hydrogen (secondary N) is 1. The van der Waals surface area contributed by atoms with Gasteiger partial charge in [-0.2, -0.15) is 0 Å². The van der Waals surface area contributed by atoms with Gasteiger partial charge in [0.1, 0.15) is 5.82 Å². The average molecular weight is 486 g/mol. The minimum absolute atomic E-state index is 0.0271. The third-order valence-electron chi connectivity index (χ3n) is 6.00. The molecule has 0 spiro atoms. The van der Waals surface area contributed by atoms with Gasteiger partial charge in [0, 0.05) is 13.1 Å². The Morgan fingerprint density at radius 3 is 2.60 bits per heavy atom. The highest BCUT2D eigenvalue weighted by atomic mass is 16.5. The molecule has 1 fully saturated rings. The summed E-state index contributed by atoms with van der Waals surface area (Å²) in [4.78, 5) is 56.7. The standard InChI is InChI=1S/C25H35N5O5/c1-4-35-24(33)19-11-8-12-28(15-19)16-20(31)29(13-17(2)3)21-22(26)30(25(34)27-23(21)32)14-18-9-6-5-7-10-18/h5-7,9-10,17,19H,4,8,11-16,26H2,1-3H3,(H,27,32,34). The molecule has 10 nitrogen and oxygen atoms in total. The molecule has 0 radical (unpaired) electrons. The fourth-order valence-electron chi connectivity index (χ4n) is 4.37. The topological polar surface area (TPSA) is 131 Å². The highest BCUT2D eigenvalue weighted by Crippen LogP contribution is 2.22. The van der Waals surface area contributed by atoms with Gasteiger partial charge in [0.25, 0.3) is 5.56 Å². The number of hydrogen-bond acceptors (Lipinski definition) is 7. The lowest BCUT2D eigenvalue weighted by atomic mass is 9.98. The van der Waals surface area contributed by atoms with E-state index in [0.29, 0.717) is 19.7 Å². The van der Waals surface area contributed by atoms with Gasteiger partial charge in [-0.1, -0.05) is 44.2 Å². The molecule has 1 aromatic carbocycles. The summed E-state index contributed by atoms with van der Waals surface area (Å²) >= 11 is 0. The third-order valence-corrected chi connectivity index (χ3v) is 6.00. The number of esters is 1. The zero-order chi connectivity index (χ0) is 25.5. The fraction of sp³-hybridized carbons (Fsp3) is 0.520. The van der Waals surface area contributed by atoms with Gasteiger partial charge in [-0.05, 0) is 37.8 Å². The number of nitrogen functional groups attached to an aromatic ring is 1. The number of rotatable bonds is 9. The number of aromatic nitrogens is 2. The van der Waals surface area contributed by atoms with Gasteiger partial charge < -0.3 is 15.4 Å². The summed E-state index contributed by atoms with van der Waals surface area (Å²) in [6, 6.07) is 9.26. The number of nitrogens with two attached hydrogens (primary N) is 1. The Hall–Kier alpha value is -3.40. The molecule has 35 heavy (non-hydrogen) atoms. The molecule has 1 amide bonds. The predicted octanol–water partition coefficient (Wildman–Crippen LogP) is 1.43. The SMILES string of the molecule is CCOC(=O)C1CCCN(CC(=O)N(CC(C)C)c2c(N)n(Cc3ccccc3)c(=O)[nH]c2=O)C1. The molecule has 1 aliphatic heterocycles. The molecule has 1 unspecified atom stereocenters. The molecule has 0 aliphatic carbocycles. The molecule has 3 N–H and O–H groups in total. The summed E-state index contributed by atoms with van der Waals surface area (Å²) in [6.07, 6.45) is 1.49. The van der Waals surface area contributed by atoms with Crippen molar-refractivity contribution in [3.05, 3.63) is 56.7 Å². The lowest BCUT2D eigenvalue weighted by Gasteiger charge is -2.33. The van der Waals surface area contributed by atoms with Crippen LogP contribution in [0.15, 0.2) is 39.9 Å². The Balaban J connectivity index is 1.89. The van der Waals surface area contributed by atoms with Crippen LogP contribution in [0.1, 0.15) is 39.2 Å². The van der Waals surface area contributed by atoms with E-state index in [0.717, 1.165) is 18.4 Å². The number of ether oxygens (including phenoxy) is 1. The normalized spacial score (nSPS) is 16.3. The van der Waals surface area contributed by atoms with E-state index < -0.39 is 11.2 Å². The van der Waals surface area contributed by atoms with Crippen LogP contribution in [0, 0.1) is 11.8 Å². The third kappa shape index (κ3) is 6.60. The molecule has 0 saturated carbocycles. The second kappa shape index (κ2) is 11.8. The summed E-state index contributed by atoms with van der Waals surface area (Å²) in [6.45, 7) is 7.47. The molecule has 1 aromatic heterocycles. The van der Waals surface area contributed by atoms with Crippen molar-refractivity contribution in [1.29, 1.82) is 0 Å². The van der Waals surface area contributed by atoms with Crippen LogP contribution >= 0.6 is 0 Å². The maximum atomic E-state index is 13.5. The quantitative estimate of drug-likeness (QED) is 0.514. The van der Waals surface area contributed by atoms with Crippen LogP contribution in [0.4, 0.5) is 11.5 Å². The minimum atomic E-state index is -0.700. The van der Waals surface area contributed by atoms with Gasteiger partial charge in [0.15, 0.2) is 5.69 Å². The van der Waals surface area contributed by atoms with Crippen molar-refractivity contribution in [3.63, 3.8) is 0 Å². The van der Waals surface area contributed by atoms with Gasteiger partial charge in [-0.15, -0.1) is 0 Å². The molecule has 2 aromatic rings. The molecular formula is C25H35N5O5. The van der Waals surface area contributed by atoms with Crippen LogP contribution < -0.4 is 21.9 Å². The lowest BCUT2D eigenvalue weighted by Crippen LogP contribution is -2.49. The number of carbonyl (C=O) groups is 2. The van der Waals surface area contributed by atoms with Gasteiger partial charge in [-0.25, -0.2) is 4.79 Å². The van der Waals surface area contributed by atoms with E-state index in [9.17, 15) is 19.2 Å². The average Bonchev–Trinajstić information content (AvgIpc) is 2.81. The summed E-state index contributed by atoms with van der Waals surface area (Å²) in [5.74, 6) is -0.862. The maximum Gasteiger partial charge on any atom is 0.330 e. The summed E-state index contributed by atoms with van der Waals surface area (Å²) < 4.78 is 6.42. The van der Waals surface area contributed by atoms with Crippen LogP contribution in [0.3, 0.4) is 0 Å². The number of hydrogen-bond donors (Lipinski definition) is 2. The van der Waals surface area contributed by atoms with Crippen molar-refractivity contribution in [2.75, 3.05) is 43.4 Å². The number of carbonyl (C=O) groups excluding carboxylic acids is 2. The predicted molar refractivity (Wildman–Crippen MR) is 134 cm³/mol. The molecule has 3 rings (SSSR count). The smallest absolute Gasteiger partial charge is 0.330 e. The molecule has 1 atom stereocenters. The van der Waals surface area contributed by atoms with Crippen molar-refractivity contribution in [1.82, 2.24) is 14.5 Å². The monoisotopic (exact) mass is 485 g/mol. The number of benzene rings is 1. The van der Waals surface area contributed by atoms with E-state index in [4.69, 9.17) is 10.5 Å². The zero-order valence-corrected chi connectivity index (χ0v) is 20.7. The molecule has 1 aliphatic rings. The van der Waals surface area contributed by atoms with Crippen LogP contribution in [-0.2, 0) is 20.9 Å². The van der Waals surface area contributed by atoms with E-state index in [2.05, 4.69) is 4.98 Å². The molecule has 190 valence electrons. The highest BCUT2D eigenvalue weighted by molar-refractivity contribution is 5.97. The van der Waals surface area contributed by atoms with E-state index in [1.165, 1.54) is 9.47 Å². The summed E-state index contributed by atoms with van der Waals surface area (Å²) in [5.41, 5.74) is 5.82. The van der Waals surface area contributed by atoms with Gasteiger partial charge >= 0.3 is 11.7 Å². The molecule has 2 heterocycles. The Labute approximate surface area is 204 Å². The Bertz CT molecular complexity index is 1140. The molecule has 10 heteroatoms. The first kappa shape index (κ1) is 26.2. The van der Waals surface area contributed by atoms with Crippen LogP contribution in [0.25, 0.3) is 0 Å². The van der Waals surface area contributed by atoms with Crippen LogP contribution in [0.2, 0.25) is 0 Å². The lowest BCUT2D eigenvalue weighted by molar-refractivity contribution is -0.150. The fourth-order valence-corrected chi connectivity index (χ4v) is 4.37. The minimum Gasteiger partial charge on any atom is -0.466 e. The van der Waals surface area contributed by atoms with E-state index in [-0.39, 0.29) is 54.9 Å². The van der Waals surface area contributed by atoms with Gasteiger partial charge in [0.05, 0.1) is 25.6 Å². The number of likely N-dealkylation sites (tertiary alicyclic amines) is 1. The first-order valence-corrected chi connectivity index (χ1v) is 12.1. The molecule has 1 saturated heterocycles. The summed E-state index contributed by atoms with van der Waals surface area (Å²) in [5, 5.41) is 0. The first-order chi connectivity index (χ1) is 16.7. The maximum absolute atomic E-state index is 13.5. The van der Waals surface area contributed by atoms with Crippen LogP contribution in [0.5, 0.6) is 0 Å². The van der Waals surface area contributed by atoms with Crippen molar-refractivity contribution < 1.29 is 14.3 Å². The van der Waals surface area contributed by atoms with Gasteiger partial charge in [0.2, 0.25) is 5.91 Å². The number of amides is 1. The Morgan fingerprint density at radius 1 is 1.23 bits per heavy atom. The Morgan fingerprint density at radius 2 is 1.94 bits per heavy atom. The zero-order valence-electron chi connectivity index (χ0n) is 20.7. The first-order valence-electron chi connectivity index (χ1n) is 12.1. The van der Waals surface area contributed by atoms with Crippen molar-refractivity contribution >= 4 is 23.4 Å². The van der Waals surface area contributed by atoms with E-state index in [1.807, 2.05) is 49.1 Å². The van der Waals surface area contributed by atoms with Crippen molar-refractivity contribution in [3.8, 4) is 0 Å². The summed E-state index contributed by atoms with van der Waals surface area (Å²) in [7, 11) is 0. The van der Waals surface area contributed by atoms with Crippen molar-refractivity contribution in [2.24, 2.45) is 11.8 Å². The van der Waals surface area contributed by atoms with E-state index >= 15 is 0 Å². The highest BCUT2D eigenvalue weighted by Gasteiger charge is 2.31. The number of aromatic amines is 1. The van der Waals surface area contributed by atoms with Crippen LogP contribution in [-0.4, -0.2) is 59.1 Å². The number of anilines is 2. The number of H-pyrrole nitrogens is 1. The van der Waals surface area contributed by atoms with Crippen molar-refractivity contribution in [2.45, 2.75) is 40.2 Å². The Kier molecular flexibility index (Phi) is 8.86. The second-order valence-corrected chi connectivity index (χ2v) is 9.29. The molecular weight excluding hydrogens is 450 g/mol. The molecule has 0 bridgehead atoms. The number of piperidine rings is 1. The largest absolute Gasteiger partial charge is 0.466 e. The van der Waals surface area contributed by atoms with Gasteiger partial charge in [-0.3, -0.25) is 28.8 Å². The number of nitrogens with zero attached hydrogens (tertiary/aromatic N) is 3.